The van der Waals surface area contributed by atoms with Crippen molar-refractivity contribution in [1.82, 2.24) is 10.3 Å². The molecule has 0 spiro atoms. The van der Waals surface area contributed by atoms with Gasteiger partial charge in [0.05, 0.1) is 12.8 Å². The number of carbonyl (C=O) groups is 1. The van der Waals surface area contributed by atoms with Gasteiger partial charge < -0.3 is 15.8 Å². The number of hydrogen-bond donors (Lipinski definition) is 2. The van der Waals surface area contributed by atoms with Crippen molar-refractivity contribution in [2.75, 3.05) is 19.4 Å². The number of rotatable bonds is 8. The van der Waals surface area contributed by atoms with E-state index in [0.717, 1.165) is 29.8 Å². The summed E-state index contributed by atoms with van der Waals surface area (Å²) in [5.41, 5.74) is 7.67. The highest BCUT2D eigenvalue weighted by molar-refractivity contribution is 7.13. The standard InChI is InChI=1S/C16H21N3O2S/c1-21-14-6-2-4-12(10-14)7-8-15(20)18-9-3-5-13-11-22-16(17)19-13/h2,4,6,10-11H,3,5,7-9H2,1H3,(H2,17,19)(H,18,20). The number of nitrogens with two attached hydrogens (primary N) is 1. The van der Waals surface area contributed by atoms with Gasteiger partial charge in [0.25, 0.3) is 0 Å². The molecule has 0 aliphatic rings. The third-order valence-electron chi connectivity index (χ3n) is 3.28. The first-order valence-corrected chi connectivity index (χ1v) is 8.15. The van der Waals surface area contributed by atoms with Gasteiger partial charge in [-0.3, -0.25) is 4.79 Å². The van der Waals surface area contributed by atoms with Crippen molar-refractivity contribution in [3.63, 3.8) is 0 Å². The SMILES string of the molecule is COc1cccc(CCC(=O)NCCCc2csc(N)n2)c1. The Hall–Kier alpha value is -2.08. The average molecular weight is 319 g/mol. The van der Waals surface area contributed by atoms with E-state index >= 15 is 0 Å². The fraction of sp³-hybridized carbons (Fsp3) is 0.375. The monoisotopic (exact) mass is 319 g/mol. The van der Waals surface area contributed by atoms with Gasteiger partial charge in [0.15, 0.2) is 5.13 Å². The highest BCUT2D eigenvalue weighted by atomic mass is 32.1. The Morgan fingerprint density at radius 1 is 1.41 bits per heavy atom. The number of benzene rings is 1. The molecule has 0 fully saturated rings. The number of methoxy groups -OCH3 is 1. The Morgan fingerprint density at radius 3 is 3.00 bits per heavy atom. The number of nitrogens with zero attached hydrogens (tertiary/aromatic N) is 1. The summed E-state index contributed by atoms with van der Waals surface area (Å²) in [5.74, 6) is 0.890. The van der Waals surface area contributed by atoms with Crippen molar-refractivity contribution < 1.29 is 9.53 Å². The van der Waals surface area contributed by atoms with Crippen LogP contribution in [0.15, 0.2) is 29.6 Å². The summed E-state index contributed by atoms with van der Waals surface area (Å²) in [6.07, 6.45) is 2.90. The van der Waals surface area contributed by atoms with Crippen LogP contribution in [0.3, 0.4) is 0 Å². The third kappa shape index (κ3) is 5.37. The summed E-state index contributed by atoms with van der Waals surface area (Å²) in [6, 6.07) is 7.79. The smallest absolute Gasteiger partial charge is 0.220 e. The van der Waals surface area contributed by atoms with Gasteiger partial charge in [0, 0.05) is 18.3 Å². The molecular formula is C16H21N3O2S. The number of carbonyl (C=O) groups excluding carboxylic acids is 1. The lowest BCUT2D eigenvalue weighted by molar-refractivity contribution is -0.121. The molecule has 0 aliphatic heterocycles. The summed E-state index contributed by atoms with van der Waals surface area (Å²) in [4.78, 5) is 16.0. The molecule has 0 aliphatic carbocycles. The molecule has 0 saturated carbocycles. The van der Waals surface area contributed by atoms with Crippen molar-refractivity contribution in [2.24, 2.45) is 0 Å². The van der Waals surface area contributed by atoms with Crippen LogP contribution < -0.4 is 15.8 Å². The van der Waals surface area contributed by atoms with Crippen LogP contribution in [-0.2, 0) is 17.6 Å². The van der Waals surface area contributed by atoms with Crippen molar-refractivity contribution >= 4 is 22.4 Å². The molecule has 3 N–H and O–H groups in total. The number of ether oxygens (including phenoxy) is 1. The minimum Gasteiger partial charge on any atom is -0.497 e. The largest absolute Gasteiger partial charge is 0.497 e. The predicted molar refractivity (Wildman–Crippen MR) is 89.2 cm³/mol. The first-order chi connectivity index (χ1) is 10.7. The molecule has 1 heterocycles. The minimum absolute atomic E-state index is 0.0700. The third-order valence-corrected chi connectivity index (χ3v) is 4.00. The first-order valence-electron chi connectivity index (χ1n) is 7.27. The molecule has 0 atom stereocenters. The van der Waals surface area contributed by atoms with Crippen LogP contribution in [0.25, 0.3) is 0 Å². The predicted octanol–water partition coefficient (Wildman–Crippen LogP) is 2.42. The van der Waals surface area contributed by atoms with Gasteiger partial charge in [-0.05, 0) is 37.0 Å². The zero-order chi connectivity index (χ0) is 15.8. The molecule has 5 nitrogen and oxygen atoms in total. The number of thiazole rings is 1. The van der Waals surface area contributed by atoms with Crippen LogP contribution in [0, 0.1) is 0 Å². The fourth-order valence-electron chi connectivity index (χ4n) is 2.11. The van der Waals surface area contributed by atoms with Crippen LogP contribution in [0.5, 0.6) is 5.75 Å². The van der Waals surface area contributed by atoms with E-state index in [0.29, 0.717) is 24.5 Å². The summed E-state index contributed by atoms with van der Waals surface area (Å²) in [6.45, 7) is 0.661. The lowest BCUT2D eigenvalue weighted by atomic mass is 10.1. The molecule has 1 amide bonds. The molecule has 0 radical (unpaired) electrons. The molecule has 1 aromatic heterocycles. The first kappa shape index (κ1) is 16.3. The van der Waals surface area contributed by atoms with Crippen LogP contribution in [0.4, 0.5) is 5.13 Å². The van der Waals surface area contributed by atoms with Gasteiger partial charge in [0.2, 0.25) is 5.91 Å². The van der Waals surface area contributed by atoms with E-state index in [9.17, 15) is 4.79 Å². The van der Waals surface area contributed by atoms with E-state index in [2.05, 4.69) is 10.3 Å². The lowest BCUT2D eigenvalue weighted by Gasteiger charge is -2.06. The average Bonchev–Trinajstić information content (AvgIpc) is 2.95. The van der Waals surface area contributed by atoms with E-state index in [1.807, 2.05) is 29.6 Å². The Bertz CT molecular complexity index is 613. The molecular weight excluding hydrogens is 298 g/mol. The number of nitrogens with one attached hydrogen (secondary N) is 1. The second kappa shape index (κ2) is 8.38. The van der Waals surface area contributed by atoms with Crippen molar-refractivity contribution in [1.29, 1.82) is 0 Å². The van der Waals surface area contributed by atoms with Crippen LogP contribution in [0.2, 0.25) is 0 Å². The highest BCUT2D eigenvalue weighted by Gasteiger charge is 2.04. The van der Waals surface area contributed by atoms with Gasteiger partial charge in [-0.25, -0.2) is 4.98 Å². The van der Waals surface area contributed by atoms with Crippen molar-refractivity contribution in [3.05, 3.63) is 40.9 Å². The molecule has 2 aromatic rings. The van der Waals surface area contributed by atoms with E-state index in [1.165, 1.54) is 11.3 Å². The van der Waals surface area contributed by atoms with Gasteiger partial charge in [-0.2, -0.15) is 0 Å². The van der Waals surface area contributed by atoms with Crippen molar-refractivity contribution in [3.8, 4) is 5.75 Å². The molecule has 118 valence electrons. The van der Waals surface area contributed by atoms with Crippen molar-refractivity contribution in [2.45, 2.75) is 25.7 Å². The maximum absolute atomic E-state index is 11.8. The second-order valence-corrected chi connectivity index (χ2v) is 5.87. The molecule has 0 saturated heterocycles. The van der Waals surface area contributed by atoms with Gasteiger partial charge in [0.1, 0.15) is 5.75 Å². The Balaban J connectivity index is 1.63. The number of aryl methyl sites for hydroxylation is 2. The van der Waals surface area contributed by atoms with E-state index in [1.54, 1.807) is 7.11 Å². The molecule has 6 heteroatoms. The zero-order valence-electron chi connectivity index (χ0n) is 12.7. The number of aromatic nitrogens is 1. The summed E-state index contributed by atoms with van der Waals surface area (Å²) < 4.78 is 5.17. The van der Waals surface area contributed by atoms with Crippen LogP contribution in [-0.4, -0.2) is 24.5 Å². The number of nitrogen functional groups attached to an aromatic ring is 1. The Morgan fingerprint density at radius 2 is 2.27 bits per heavy atom. The maximum atomic E-state index is 11.8. The van der Waals surface area contributed by atoms with Gasteiger partial charge in [-0.1, -0.05) is 12.1 Å². The summed E-state index contributed by atoms with van der Waals surface area (Å²) in [5, 5.41) is 5.49. The molecule has 1 aromatic carbocycles. The highest BCUT2D eigenvalue weighted by Crippen LogP contribution is 2.14. The summed E-state index contributed by atoms with van der Waals surface area (Å²) >= 11 is 1.45. The summed E-state index contributed by atoms with van der Waals surface area (Å²) in [7, 11) is 1.64. The lowest BCUT2D eigenvalue weighted by Crippen LogP contribution is -2.25. The molecule has 0 bridgehead atoms. The van der Waals surface area contributed by atoms with Gasteiger partial charge >= 0.3 is 0 Å². The van der Waals surface area contributed by atoms with E-state index in [4.69, 9.17) is 10.5 Å². The minimum atomic E-state index is 0.0700. The van der Waals surface area contributed by atoms with Crippen LogP contribution in [0.1, 0.15) is 24.1 Å². The Kier molecular flexibility index (Phi) is 6.21. The van der Waals surface area contributed by atoms with Crippen LogP contribution >= 0.6 is 11.3 Å². The number of hydrogen-bond acceptors (Lipinski definition) is 5. The molecule has 0 unspecified atom stereocenters. The van der Waals surface area contributed by atoms with E-state index in [-0.39, 0.29) is 5.91 Å². The maximum Gasteiger partial charge on any atom is 0.220 e. The topological polar surface area (TPSA) is 77.2 Å². The number of amides is 1. The fourth-order valence-corrected chi connectivity index (χ4v) is 2.71. The number of anilines is 1. The second-order valence-electron chi connectivity index (χ2n) is 4.98. The van der Waals surface area contributed by atoms with E-state index < -0.39 is 0 Å². The van der Waals surface area contributed by atoms with Gasteiger partial charge in [-0.15, -0.1) is 11.3 Å². The molecule has 2 rings (SSSR count). The quantitative estimate of drug-likeness (QED) is 0.733. The Labute approximate surface area is 134 Å². The normalized spacial score (nSPS) is 10.4. The zero-order valence-corrected chi connectivity index (χ0v) is 13.5. The molecule has 22 heavy (non-hydrogen) atoms.